The van der Waals surface area contributed by atoms with Crippen LogP contribution in [0.25, 0.3) is 0 Å². The summed E-state index contributed by atoms with van der Waals surface area (Å²) in [6, 6.07) is 5.29. The molecule has 1 aromatic carbocycles. The summed E-state index contributed by atoms with van der Waals surface area (Å²) in [5.41, 5.74) is 0.525. The molecule has 0 bridgehead atoms. The van der Waals surface area contributed by atoms with Crippen LogP contribution in [0.15, 0.2) is 22.7 Å². The quantitative estimate of drug-likeness (QED) is 0.791. The summed E-state index contributed by atoms with van der Waals surface area (Å²) in [5.74, 6) is -0.109. The molecule has 0 saturated carbocycles. The van der Waals surface area contributed by atoms with E-state index in [1.54, 1.807) is 12.1 Å². The first-order chi connectivity index (χ1) is 9.66. The third-order valence-electron chi connectivity index (χ3n) is 3.32. The van der Waals surface area contributed by atoms with Gasteiger partial charge in [0, 0.05) is 37.2 Å². The number of rotatable bonds is 5. The summed E-state index contributed by atoms with van der Waals surface area (Å²) < 4.78 is 0.873. The molecule has 2 rings (SSSR count). The molecule has 1 heterocycles. The van der Waals surface area contributed by atoms with E-state index in [-0.39, 0.29) is 5.91 Å². The van der Waals surface area contributed by atoms with Crippen LogP contribution in [0.5, 0.6) is 0 Å². The van der Waals surface area contributed by atoms with Crippen molar-refractivity contribution in [3.05, 3.63) is 33.3 Å². The van der Waals surface area contributed by atoms with Gasteiger partial charge >= 0.3 is 0 Å². The van der Waals surface area contributed by atoms with Gasteiger partial charge in [-0.3, -0.25) is 4.79 Å². The Morgan fingerprint density at radius 1 is 1.40 bits per heavy atom. The molecular formula is C14H19BrClN3O. The smallest absolute Gasteiger partial charge is 0.252 e. The van der Waals surface area contributed by atoms with Gasteiger partial charge in [-0.15, -0.1) is 0 Å². The molecule has 0 unspecified atom stereocenters. The van der Waals surface area contributed by atoms with Crippen molar-refractivity contribution in [2.45, 2.75) is 6.42 Å². The van der Waals surface area contributed by atoms with Gasteiger partial charge in [-0.2, -0.15) is 0 Å². The Hall–Kier alpha value is -0.620. The summed E-state index contributed by atoms with van der Waals surface area (Å²) in [6.45, 7) is 5.99. The molecule has 1 amide bonds. The van der Waals surface area contributed by atoms with Crippen LogP contribution >= 0.6 is 27.5 Å². The summed E-state index contributed by atoms with van der Waals surface area (Å²) in [4.78, 5) is 14.4. The number of hydrogen-bond acceptors (Lipinski definition) is 3. The van der Waals surface area contributed by atoms with Gasteiger partial charge in [0.25, 0.3) is 5.91 Å². The molecule has 110 valence electrons. The SMILES string of the molecule is O=C(NCCCN1CCNCC1)c1ccc(Br)cc1Cl. The second kappa shape index (κ2) is 7.98. The molecule has 20 heavy (non-hydrogen) atoms. The highest BCUT2D eigenvalue weighted by Gasteiger charge is 2.11. The average molecular weight is 361 g/mol. The zero-order valence-corrected chi connectivity index (χ0v) is 13.6. The van der Waals surface area contributed by atoms with E-state index in [1.165, 1.54) is 0 Å². The minimum Gasteiger partial charge on any atom is -0.352 e. The summed E-state index contributed by atoms with van der Waals surface area (Å²) in [7, 11) is 0. The van der Waals surface area contributed by atoms with Crippen molar-refractivity contribution in [2.75, 3.05) is 39.3 Å². The molecule has 1 aliphatic heterocycles. The minimum atomic E-state index is -0.109. The lowest BCUT2D eigenvalue weighted by atomic mass is 10.2. The van der Waals surface area contributed by atoms with Crippen LogP contribution in [0.1, 0.15) is 16.8 Å². The van der Waals surface area contributed by atoms with Crippen LogP contribution < -0.4 is 10.6 Å². The van der Waals surface area contributed by atoms with Crippen LogP contribution in [-0.2, 0) is 0 Å². The Kier molecular flexibility index (Phi) is 6.29. The molecule has 4 nitrogen and oxygen atoms in total. The highest BCUT2D eigenvalue weighted by atomic mass is 79.9. The number of nitrogens with zero attached hydrogens (tertiary/aromatic N) is 1. The molecule has 0 aromatic heterocycles. The van der Waals surface area contributed by atoms with Crippen molar-refractivity contribution in [3.63, 3.8) is 0 Å². The number of amides is 1. The molecule has 0 radical (unpaired) electrons. The van der Waals surface area contributed by atoms with Gasteiger partial charge < -0.3 is 15.5 Å². The maximum Gasteiger partial charge on any atom is 0.252 e. The van der Waals surface area contributed by atoms with Crippen molar-refractivity contribution >= 4 is 33.4 Å². The number of hydrogen-bond donors (Lipinski definition) is 2. The molecule has 0 aliphatic carbocycles. The largest absolute Gasteiger partial charge is 0.352 e. The van der Waals surface area contributed by atoms with E-state index in [2.05, 4.69) is 31.5 Å². The molecular weight excluding hydrogens is 342 g/mol. The molecule has 1 aliphatic rings. The fraction of sp³-hybridized carbons (Fsp3) is 0.500. The molecule has 0 atom stereocenters. The number of benzene rings is 1. The van der Waals surface area contributed by atoms with Gasteiger partial charge in [0.1, 0.15) is 0 Å². The number of piperazine rings is 1. The fourth-order valence-electron chi connectivity index (χ4n) is 2.21. The predicted molar refractivity (Wildman–Crippen MR) is 85.4 cm³/mol. The highest BCUT2D eigenvalue weighted by molar-refractivity contribution is 9.10. The number of carbonyl (C=O) groups excluding carboxylic acids is 1. The van der Waals surface area contributed by atoms with E-state index in [0.29, 0.717) is 17.1 Å². The van der Waals surface area contributed by atoms with Gasteiger partial charge in [-0.05, 0) is 31.2 Å². The summed E-state index contributed by atoms with van der Waals surface area (Å²) in [6.07, 6.45) is 0.958. The van der Waals surface area contributed by atoms with Crippen LogP contribution in [0.2, 0.25) is 5.02 Å². The first-order valence-corrected chi connectivity index (χ1v) is 8.00. The third-order valence-corrected chi connectivity index (χ3v) is 4.13. The maximum absolute atomic E-state index is 12.0. The van der Waals surface area contributed by atoms with Crippen molar-refractivity contribution in [1.29, 1.82) is 0 Å². The number of halogens is 2. The summed E-state index contributed by atoms with van der Waals surface area (Å²) >= 11 is 9.38. The van der Waals surface area contributed by atoms with Crippen LogP contribution in [0, 0.1) is 0 Å². The maximum atomic E-state index is 12.0. The van der Waals surface area contributed by atoms with E-state index in [9.17, 15) is 4.79 Å². The van der Waals surface area contributed by atoms with Crippen molar-refractivity contribution in [3.8, 4) is 0 Å². The highest BCUT2D eigenvalue weighted by Crippen LogP contribution is 2.21. The van der Waals surface area contributed by atoms with Crippen molar-refractivity contribution in [1.82, 2.24) is 15.5 Å². The lowest BCUT2D eigenvalue weighted by Gasteiger charge is -2.27. The fourth-order valence-corrected chi connectivity index (χ4v) is 2.97. The van der Waals surface area contributed by atoms with Crippen LogP contribution in [0.3, 0.4) is 0 Å². The van der Waals surface area contributed by atoms with E-state index in [0.717, 1.165) is 43.6 Å². The molecule has 0 spiro atoms. The van der Waals surface area contributed by atoms with E-state index in [4.69, 9.17) is 11.6 Å². The second-order valence-electron chi connectivity index (χ2n) is 4.83. The third kappa shape index (κ3) is 4.74. The number of carbonyl (C=O) groups is 1. The van der Waals surface area contributed by atoms with Gasteiger partial charge in [-0.1, -0.05) is 27.5 Å². The topological polar surface area (TPSA) is 44.4 Å². The van der Waals surface area contributed by atoms with E-state index < -0.39 is 0 Å². The Morgan fingerprint density at radius 2 is 2.15 bits per heavy atom. The van der Waals surface area contributed by atoms with Crippen molar-refractivity contribution < 1.29 is 4.79 Å². The monoisotopic (exact) mass is 359 g/mol. The first kappa shape index (κ1) is 15.8. The van der Waals surface area contributed by atoms with Crippen LogP contribution in [0.4, 0.5) is 0 Å². The first-order valence-electron chi connectivity index (χ1n) is 6.83. The van der Waals surface area contributed by atoms with Gasteiger partial charge in [0.15, 0.2) is 0 Å². The Labute approximate surface area is 133 Å². The van der Waals surface area contributed by atoms with Crippen molar-refractivity contribution in [2.24, 2.45) is 0 Å². The molecule has 2 N–H and O–H groups in total. The zero-order valence-electron chi connectivity index (χ0n) is 11.3. The Bertz CT molecular complexity index is 464. The Morgan fingerprint density at radius 3 is 2.85 bits per heavy atom. The van der Waals surface area contributed by atoms with Gasteiger partial charge in [0.2, 0.25) is 0 Å². The molecule has 6 heteroatoms. The lowest BCUT2D eigenvalue weighted by Crippen LogP contribution is -2.44. The van der Waals surface area contributed by atoms with Gasteiger partial charge in [-0.25, -0.2) is 0 Å². The lowest BCUT2D eigenvalue weighted by molar-refractivity contribution is 0.0951. The van der Waals surface area contributed by atoms with Crippen LogP contribution in [-0.4, -0.2) is 50.1 Å². The normalized spacial score (nSPS) is 16.1. The standard InChI is InChI=1S/C14H19BrClN3O/c15-11-2-3-12(13(16)10-11)14(20)18-4-1-7-19-8-5-17-6-9-19/h2-3,10,17H,1,4-9H2,(H,18,20). The minimum absolute atomic E-state index is 0.109. The molecule has 1 aromatic rings. The number of nitrogens with one attached hydrogen (secondary N) is 2. The molecule has 1 fully saturated rings. The van der Waals surface area contributed by atoms with E-state index >= 15 is 0 Å². The zero-order chi connectivity index (χ0) is 14.4. The predicted octanol–water partition coefficient (Wildman–Crippen LogP) is 2.13. The Balaban J connectivity index is 1.72. The average Bonchev–Trinajstić information content (AvgIpc) is 2.44. The second-order valence-corrected chi connectivity index (χ2v) is 6.15. The van der Waals surface area contributed by atoms with Gasteiger partial charge in [0.05, 0.1) is 10.6 Å². The molecule has 1 saturated heterocycles. The van der Waals surface area contributed by atoms with E-state index in [1.807, 2.05) is 6.07 Å². The summed E-state index contributed by atoms with van der Waals surface area (Å²) in [5, 5.41) is 6.71.